The number of aryl methyl sites for hydroxylation is 1. The number of halogens is 1. The van der Waals surface area contributed by atoms with Crippen LogP contribution in [0.3, 0.4) is 0 Å². The minimum atomic E-state index is -2.21. The summed E-state index contributed by atoms with van der Waals surface area (Å²) in [5.41, 5.74) is 3.53. The van der Waals surface area contributed by atoms with Gasteiger partial charge < -0.3 is 9.13 Å². The minimum absolute atomic E-state index is 0.650. The van der Waals surface area contributed by atoms with Crippen LogP contribution in [0.15, 0.2) is 22.8 Å². The van der Waals surface area contributed by atoms with Crippen molar-refractivity contribution in [1.82, 2.24) is 9.55 Å². The highest BCUT2D eigenvalue weighted by Gasteiger charge is 2.31. The smallest absolute Gasteiger partial charge is 0.141 e. The third kappa shape index (κ3) is 2.76. The molecule has 5 heteroatoms. The summed E-state index contributed by atoms with van der Waals surface area (Å²) in [5, 5.41) is 0.930. The Morgan fingerprint density at radius 2 is 2.00 bits per heavy atom. The molecule has 0 bridgehead atoms. The van der Waals surface area contributed by atoms with Crippen molar-refractivity contribution in [3.8, 4) is 11.4 Å². The van der Waals surface area contributed by atoms with E-state index < -0.39 is 7.14 Å². The molecule has 0 radical (unpaired) electrons. The summed E-state index contributed by atoms with van der Waals surface area (Å²) < 4.78 is 15.4. The van der Waals surface area contributed by atoms with E-state index in [4.69, 9.17) is 4.98 Å². The maximum Gasteiger partial charge on any atom is 0.141 e. The number of hydrogen-bond acceptors (Lipinski definition) is 2. The van der Waals surface area contributed by atoms with E-state index in [1.165, 1.54) is 18.5 Å². The van der Waals surface area contributed by atoms with Gasteiger partial charge >= 0.3 is 0 Å². The van der Waals surface area contributed by atoms with Crippen LogP contribution in [0.1, 0.15) is 30.0 Å². The normalized spacial score (nSPS) is 15.5. The van der Waals surface area contributed by atoms with Crippen LogP contribution in [-0.4, -0.2) is 22.9 Å². The Labute approximate surface area is 134 Å². The molecule has 0 unspecified atom stereocenters. The first-order valence-corrected chi connectivity index (χ1v) is 10.6. The molecule has 1 fully saturated rings. The Balaban J connectivity index is 2.09. The summed E-state index contributed by atoms with van der Waals surface area (Å²) in [6.07, 6.45) is 2.51. The van der Waals surface area contributed by atoms with Gasteiger partial charge in [0.1, 0.15) is 17.6 Å². The molecule has 3 nitrogen and oxygen atoms in total. The zero-order chi connectivity index (χ0) is 15.4. The van der Waals surface area contributed by atoms with E-state index in [2.05, 4.69) is 40.5 Å². The zero-order valence-electron chi connectivity index (χ0n) is 12.9. The average Bonchev–Trinajstić information content (AvgIpc) is 3.15. The molecule has 0 spiro atoms. The van der Waals surface area contributed by atoms with Crippen LogP contribution in [0.2, 0.25) is 0 Å². The maximum absolute atomic E-state index is 12.2. The molecule has 1 heterocycles. The number of nitrogens with zero attached hydrogens (tertiary/aromatic N) is 2. The van der Waals surface area contributed by atoms with Crippen LogP contribution in [0.5, 0.6) is 0 Å². The second kappa shape index (κ2) is 5.10. The highest BCUT2D eigenvalue weighted by molar-refractivity contribution is 9.10. The van der Waals surface area contributed by atoms with E-state index >= 15 is 0 Å². The van der Waals surface area contributed by atoms with Crippen LogP contribution in [-0.2, 0) is 11.6 Å². The third-order valence-corrected chi connectivity index (χ3v) is 6.24. The maximum atomic E-state index is 12.2. The molecular formula is C16H20BrN2OP. The summed E-state index contributed by atoms with van der Waals surface area (Å²) in [6.45, 7) is 5.68. The zero-order valence-corrected chi connectivity index (χ0v) is 15.3. The molecule has 1 aromatic carbocycles. The number of rotatable bonds is 3. The predicted octanol–water partition coefficient (Wildman–Crippen LogP) is 4.28. The van der Waals surface area contributed by atoms with Crippen molar-refractivity contribution in [3.63, 3.8) is 0 Å². The first kappa shape index (κ1) is 15.1. The standard InChI is InChI=1S/C16H20BrN2OP/c1-10-9-12(21(3,4)20)7-8-13(10)16-18-15(17)14(19(16)2)11-5-6-11/h7-9,11H,5-6H2,1-4H3. The molecule has 1 aromatic heterocycles. The number of hydrogen-bond donors (Lipinski definition) is 0. The molecular weight excluding hydrogens is 347 g/mol. The van der Waals surface area contributed by atoms with Crippen LogP contribution in [0, 0.1) is 6.92 Å². The topological polar surface area (TPSA) is 34.9 Å². The van der Waals surface area contributed by atoms with E-state index in [9.17, 15) is 4.57 Å². The molecule has 1 aliphatic rings. The molecule has 0 aliphatic heterocycles. The first-order valence-electron chi connectivity index (χ1n) is 7.17. The fourth-order valence-corrected chi connectivity index (χ4v) is 4.45. The van der Waals surface area contributed by atoms with Crippen molar-refractivity contribution >= 4 is 28.4 Å². The summed E-state index contributed by atoms with van der Waals surface area (Å²) in [7, 11) is -0.133. The van der Waals surface area contributed by atoms with Gasteiger partial charge in [-0.25, -0.2) is 4.98 Å². The van der Waals surface area contributed by atoms with E-state index in [0.717, 1.165) is 26.9 Å². The molecule has 0 atom stereocenters. The van der Waals surface area contributed by atoms with Crippen LogP contribution in [0.4, 0.5) is 0 Å². The number of benzene rings is 1. The second-order valence-electron chi connectivity index (χ2n) is 6.29. The fourth-order valence-electron chi connectivity index (χ4n) is 2.75. The third-order valence-electron chi connectivity index (χ3n) is 4.13. The largest absolute Gasteiger partial charge is 0.330 e. The monoisotopic (exact) mass is 366 g/mol. The van der Waals surface area contributed by atoms with Crippen LogP contribution >= 0.6 is 23.1 Å². The Bertz CT molecular complexity index is 756. The van der Waals surface area contributed by atoms with Gasteiger partial charge in [0.25, 0.3) is 0 Å². The van der Waals surface area contributed by atoms with E-state index in [-0.39, 0.29) is 0 Å². The highest BCUT2D eigenvalue weighted by Crippen LogP contribution is 2.44. The lowest BCUT2D eigenvalue weighted by atomic mass is 10.1. The average molecular weight is 367 g/mol. The van der Waals surface area contributed by atoms with Crippen molar-refractivity contribution in [2.75, 3.05) is 13.3 Å². The molecule has 112 valence electrons. The van der Waals surface area contributed by atoms with Gasteiger partial charge in [-0.15, -0.1) is 0 Å². The molecule has 0 saturated heterocycles. The van der Waals surface area contributed by atoms with Crippen molar-refractivity contribution in [2.24, 2.45) is 7.05 Å². The lowest BCUT2D eigenvalue weighted by molar-refractivity contribution is 0.588. The van der Waals surface area contributed by atoms with Crippen LogP contribution in [0.25, 0.3) is 11.4 Å². The highest BCUT2D eigenvalue weighted by atomic mass is 79.9. The van der Waals surface area contributed by atoms with Gasteiger partial charge in [-0.2, -0.15) is 0 Å². The van der Waals surface area contributed by atoms with Gasteiger partial charge in [-0.05, 0) is 60.7 Å². The number of imidazole rings is 1. The Morgan fingerprint density at radius 3 is 2.52 bits per heavy atom. The SMILES string of the molecule is Cc1cc(P(C)(C)=O)ccc1-c1nc(Br)c(C2CC2)n1C. The van der Waals surface area contributed by atoms with Gasteiger partial charge in [0.2, 0.25) is 0 Å². The van der Waals surface area contributed by atoms with E-state index in [1.54, 1.807) is 0 Å². The first-order chi connectivity index (χ1) is 9.79. The second-order valence-corrected chi connectivity index (χ2v) is 10.3. The molecule has 3 rings (SSSR count). The van der Waals surface area contributed by atoms with Gasteiger partial charge in [0.15, 0.2) is 0 Å². The van der Waals surface area contributed by atoms with Crippen molar-refractivity contribution in [1.29, 1.82) is 0 Å². The van der Waals surface area contributed by atoms with E-state index in [0.29, 0.717) is 5.92 Å². The summed E-state index contributed by atoms with van der Waals surface area (Å²) in [6, 6.07) is 6.06. The van der Waals surface area contributed by atoms with Gasteiger partial charge in [-0.1, -0.05) is 12.1 Å². The molecule has 0 amide bonds. The molecule has 21 heavy (non-hydrogen) atoms. The van der Waals surface area contributed by atoms with Gasteiger partial charge in [0, 0.05) is 23.8 Å². The Kier molecular flexibility index (Phi) is 3.66. The fraction of sp³-hybridized carbons (Fsp3) is 0.438. The van der Waals surface area contributed by atoms with Gasteiger partial charge in [0.05, 0.1) is 5.69 Å². The van der Waals surface area contributed by atoms with E-state index in [1.807, 2.05) is 25.5 Å². The lowest BCUT2D eigenvalue weighted by Crippen LogP contribution is -2.05. The Hall–Kier alpha value is -0.860. The molecule has 1 saturated carbocycles. The lowest BCUT2D eigenvalue weighted by Gasteiger charge is -2.12. The summed E-state index contributed by atoms with van der Waals surface area (Å²) >= 11 is 3.60. The number of aromatic nitrogens is 2. The minimum Gasteiger partial charge on any atom is -0.330 e. The van der Waals surface area contributed by atoms with Crippen molar-refractivity contribution < 1.29 is 4.57 Å². The van der Waals surface area contributed by atoms with Gasteiger partial charge in [-0.3, -0.25) is 0 Å². The predicted molar refractivity (Wildman–Crippen MR) is 92.1 cm³/mol. The quantitative estimate of drug-likeness (QED) is 0.759. The summed E-state index contributed by atoms with van der Waals surface area (Å²) in [4.78, 5) is 4.70. The molecule has 2 aromatic rings. The molecule has 1 aliphatic carbocycles. The molecule has 0 N–H and O–H groups in total. The Morgan fingerprint density at radius 1 is 1.33 bits per heavy atom. The summed E-state index contributed by atoms with van der Waals surface area (Å²) in [5.74, 6) is 1.63. The van der Waals surface area contributed by atoms with Crippen molar-refractivity contribution in [3.05, 3.63) is 34.1 Å². The van der Waals surface area contributed by atoms with Crippen LogP contribution < -0.4 is 5.30 Å². The van der Waals surface area contributed by atoms with Crippen molar-refractivity contribution in [2.45, 2.75) is 25.7 Å².